The minimum atomic E-state index is -1.18. The third-order valence-corrected chi connectivity index (χ3v) is 2.49. The van der Waals surface area contributed by atoms with Gasteiger partial charge >= 0.3 is 5.97 Å². The van der Waals surface area contributed by atoms with Crippen LogP contribution in [0.3, 0.4) is 0 Å². The molecule has 2 rings (SSSR count). The molecule has 0 amide bonds. The first kappa shape index (κ1) is 13.7. The summed E-state index contributed by atoms with van der Waals surface area (Å²) in [4.78, 5) is 11.3. The van der Waals surface area contributed by atoms with Crippen molar-refractivity contribution in [3.63, 3.8) is 0 Å². The van der Waals surface area contributed by atoms with Crippen LogP contribution in [-0.4, -0.2) is 11.1 Å². The van der Waals surface area contributed by atoms with Gasteiger partial charge in [0.15, 0.2) is 5.76 Å². The van der Waals surface area contributed by atoms with Crippen LogP contribution in [0.25, 0.3) is 0 Å². The largest absolute Gasteiger partial charge is 0.475 e. The van der Waals surface area contributed by atoms with Gasteiger partial charge in [-0.1, -0.05) is 36.4 Å². The summed E-state index contributed by atoms with van der Waals surface area (Å²) in [5, 5.41) is 9.22. The number of benzene rings is 2. The molecule has 4 heteroatoms. The third-order valence-electron chi connectivity index (χ3n) is 2.49. The second-order valence-electron chi connectivity index (χ2n) is 4.02. The van der Waals surface area contributed by atoms with Gasteiger partial charge in [-0.05, 0) is 31.2 Å². The number of ether oxygens (including phenoxy) is 2. The first-order valence-corrected chi connectivity index (χ1v) is 6.07. The quantitative estimate of drug-likeness (QED) is 0.667. The van der Waals surface area contributed by atoms with Crippen molar-refractivity contribution in [1.82, 2.24) is 0 Å². The second kappa shape index (κ2) is 6.43. The van der Waals surface area contributed by atoms with Crippen LogP contribution in [-0.2, 0) is 4.79 Å². The molecular formula is C16H14O4. The van der Waals surface area contributed by atoms with Crippen molar-refractivity contribution in [2.45, 2.75) is 6.92 Å². The van der Waals surface area contributed by atoms with E-state index in [4.69, 9.17) is 9.47 Å². The Kier molecular flexibility index (Phi) is 4.39. The highest BCUT2D eigenvalue weighted by Gasteiger charge is 2.16. The molecule has 2 aromatic rings. The van der Waals surface area contributed by atoms with E-state index in [1.807, 2.05) is 12.1 Å². The second-order valence-corrected chi connectivity index (χ2v) is 4.02. The molecule has 0 aliphatic heterocycles. The molecule has 0 radical (unpaired) electrons. The first-order valence-electron chi connectivity index (χ1n) is 6.07. The summed E-state index contributed by atoms with van der Waals surface area (Å²) in [6.45, 7) is 1.55. The Hall–Kier alpha value is -2.75. The van der Waals surface area contributed by atoms with E-state index in [1.165, 1.54) is 0 Å². The Morgan fingerprint density at radius 2 is 1.30 bits per heavy atom. The zero-order valence-corrected chi connectivity index (χ0v) is 10.9. The van der Waals surface area contributed by atoms with E-state index in [1.54, 1.807) is 55.5 Å². The van der Waals surface area contributed by atoms with Crippen molar-refractivity contribution < 1.29 is 19.4 Å². The molecule has 0 bridgehead atoms. The Balaban J connectivity index is 2.22. The molecule has 0 aliphatic carbocycles. The highest BCUT2D eigenvalue weighted by molar-refractivity contribution is 5.85. The number of carbonyl (C=O) groups is 1. The standard InChI is InChI=1S/C16H14O4/c1-12(19-13-8-4-2-5-9-13)15(16(17)18)20-14-10-6-3-7-11-14/h2-11H,1H3,(H,17,18). The van der Waals surface area contributed by atoms with Gasteiger partial charge < -0.3 is 14.6 Å². The molecule has 20 heavy (non-hydrogen) atoms. The number of rotatable bonds is 5. The fraction of sp³-hybridized carbons (Fsp3) is 0.0625. The van der Waals surface area contributed by atoms with Gasteiger partial charge in [0.05, 0.1) is 0 Å². The lowest BCUT2D eigenvalue weighted by Gasteiger charge is -2.11. The Morgan fingerprint density at radius 1 is 0.850 bits per heavy atom. The van der Waals surface area contributed by atoms with E-state index >= 15 is 0 Å². The van der Waals surface area contributed by atoms with E-state index in [2.05, 4.69) is 0 Å². The van der Waals surface area contributed by atoms with Crippen molar-refractivity contribution in [3.8, 4) is 11.5 Å². The maximum Gasteiger partial charge on any atom is 0.375 e. The normalized spacial score (nSPS) is 11.4. The summed E-state index contributed by atoms with van der Waals surface area (Å²) in [6, 6.07) is 17.7. The lowest BCUT2D eigenvalue weighted by atomic mass is 10.3. The fourth-order valence-corrected chi connectivity index (χ4v) is 1.58. The molecule has 102 valence electrons. The predicted octanol–water partition coefficient (Wildman–Crippen LogP) is 3.46. The summed E-state index contributed by atoms with van der Waals surface area (Å²) in [5.41, 5.74) is 0. The van der Waals surface area contributed by atoms with E-state index in [0.717, 1.165) is 0 Å². The van der Waals surface area contributed by atoms with Crippen molar-refractivity contribution in [2.75, 3.05) is 0 Å². The molecule has 1 N–H and O–H groups in total. The van der Waals surface area contributed by atoms with Crippen molar-refractivity contribution in [2.24, 2.45) is 0 Å². The van der Waals surface area contributed by atoms with E-state index < -0.39 is 5.97 Å². The number of hydrogen-bond donors (Lipinski definition) is 1. The number of carboxylic acid groups (broad SMARTS) is 1. The number of carboxylic acids is 1. The number of para-hydroxylation sites is 2. The molecular weight excluding hydrogens is 256 g/mol. The minimum absolute atomic E-state index is 0.188. The van der Waals surface area contributed by atoms with Crippen molar-refractivity contribution >= 4 is 5.97 Å². The van der Waals surface area contributed by atoms with Gasteiger partial charge in [-0.25, -0.2) is 4.79 Å². The van der Waals surface area contributed by atoms with E-state index in [0.29, 0.717) is 11.5 Å². The molecule has 0 heterocycles. The number of allylic oxidation sites excluding steroid dienone is 1. The lowest BCUT2D eigenvalue weighted by Crippen LogP contribution is -2.13. The highest BCUT2D eigenvalue weighted by atomic mass is 16.5. The van der Waals surface area contributed by atoms with Gasteiger partial charge in [0.1, 0.15) is 11.5 Å². The van der Waals surface area contributed by atoms with Crippen LogP contribution in [0.2, 0.25) is 0 Å². The molecule has 0 saturated heterocycles. The van der Waals surface area contributed by atoms with Gasteiger partial charge in [-0.3, -0.25) is 0 Å². The molecule has 0 unspecified atom stereocenters. The van der Waals surface area contributed by atoms with E-state index in [-0.39, 0.29) is 11.5 Å². The zero-order chi connectivity index (χ0) is 14.4. The first-order chi connectivity index (χ1) is 9.66. The average molecular weight is 270 g/mol. The summed E-state index contributed by atoms with van der Waals surface area (Å²) >= 11 is 0. The van der Waals surface area contributed by atoms with Crippen LogP contribution in [0.5, 0.6) is 11.5 Å². The molecule has 0 fully saturated rings. The van der Waals surface area contributed by atoms with Crippen molar-refractivity contribution in [1.29, 1.82) is 0 Å². The predicted molar refractivity (Wildman–Crippen MR) is 74.5 cm³/mol. The zero-order valence-electron chi connectivity index (χ0n) is 10.9. The van der Waals surface area contributed by atoms with E-state index in [9.17, 15) is 9.90 Å². The lowest BCUT2D eigenvalue weighted by molar-refractivity contribution is -0.135. The molecule has 0 aliphatic rings. The van der Waals surface area contributed by atoms with Gasteiger partial charge in [0.25, 0.3) is 0 Å². The highest BCUT2D eigenvalue weighted by Crippen LogP contribution is 2.19. The molecule has 0 aromatic heterocycles. The van der Waals surface area contributed by atoms with Crippen LogP contribution >= 0.6 is 0 Å². The summed E-state index contributed by atoms with van der Waals surface area (Å²) in [6.07, 6.45) is 0. The average Bonchev–Trinajstić information content (AvgIpc) is 2.46. The molecule has 2 aromatic carbocycles. The van der Waals surface area contributed by atoms with Gasteiger partial charge in [-0.2, -0.15) is 0 Å². The number of aliphatic carboxylic acids is 1. The molecule has 0 spiro atoms. The molecule has 0 atom stereocenters. The van der Waals surface area contributed by atoms with Gasteiger partial charge in [0, 0.05) is 0 Å². The Morgan fingerprint density at radius 3 is 1.75 bits per heavy atom. The smallest absolute Gasteiger partial charge is 0.375 e. The minimum Gasteiger partial charge on any atom is -0.475 e. The van der Waals surface area contributed by atoms with Gasteiger partial charge in [0.2, 0.25) is 5.76 Å². The molecule has 0 saturated carbocycles. The van der Waals surface area contributed by atoms with Crippen LogP contribution < -0.4 is 9.47 Å². The van der Waals surface area contributed by atoms with Gasteiger partial charge in [-0.15, -0.1) is 0 Å². The maximum atomic E-state index is 11.3. The Bertz CT molecular complexity index is 603. The maximum absolute atomic E-state index is 11.3. The number of hydrogen-bond acceptors (Lipinski definition) is 3. The summed E-state index contributed by atoms with van der Waals surface area (Å²) in [7, 11) is 0. The Labute approximate surface area is 116 Å². The monoisotopic (exact) mass is 270 g/mol. The van der Waals surface area contributed by atoms with Crippen LogP contribution in [0, 0.1) is 0 Å². The van der Waals surface area contributed by atoms with Crippen LogP contribution in [0.15, 0.2) is 72.2 Å². The van der Waals surface area contributed by atoms with Crippen LogP contribution in [0.4, 0.5) is 0 Å². The SMILES string of the molecule is CC(Oc1ccccc1)=C(Oc1ccccc1)C(=O)O. The topological polar surface area (TPSA) is 55.8 Å². The summed E-state index contributed by atoms with van der Waals surface area (Å²) in [5.74, 6) is -0.226. The molecule has 4 nitrogen and oxygen atoms in total. The van der Waals surface area contributed by atoms with Crippen LogP contribution in [0.1, 0.15) is 6.92 Å². The third kappa shape index (κ3) is 3.62. The summed E-state index contributed by atoms with van der Waals surface area (Å²) < 4.78 is 10.8. The fourth-order valence-electron chi connectivity index (χ4n) is 1.58. The van der Waals surface area contributed by atoms with Crippen molar-refractivity contribution in [3.05, 3.63) is 72.2 Å².